The van der Waals surface area contributed by atoms with Crippen LogP contribution in [-0.4, -0.2) is 29.3 Å². The molecule has 2 amide bonds. The Bertz CT molecular complexity index is 548. The van der Waals surface area contributed by atoms with Crippen LogP contribution in [0.2, 0.25) is 5.02 Å². The van der Waals surface area contributed by atoms with Crippen LogP contribution in [0.3, 0.4) is 0 Å². The van der Waals surface area contributed by atoms with Crippen molar-refractivity contribution >= 4 is 29.1 Å². The van der Waals surface area contributed by atoms with Gasteiger partial charge in [-0.1, -0.05) is 17.7 Å². The SMILES string of the molecule is CCNC(=O)C(C)NC(=O)c1cccc(Cl)c1[N+](=O)[O-]. The maximum Gasteiger partial charge on any atom is 0.300 e. The number of amides is 2. The van der Waals surface area contributed by atoms with Gasteiger partial charge in [-0.25, -0.2) is 0 Å². The first-order valence-corrected chi connectivity index (χ1v) is 6.27. The van der Waals surface area contributed by atoms with Gasteiger partial charge in [0.05, 0.1) is 4.92 Å². The Balaban J connectivity index is 2.96. The molecule has 7 nitrogen and oxygen atoms in total. The van der Waals surface area contributed by atoms with E-state index >= 15 is 0 Å². The van der Waals surface area contributed by atoms with E-state index in [1.54, 1.807) is 6.92 Å². The number of rotatable bonds is 5. The van der Waals surface area contributed by atoms with E-state index < -0.39 is 22.6 Å². The molecule has 0 aliphatic heterocycles. The summed E-state index contributed by atoms with van der Waals surface area (Å²) < 4.78 is 0. The highest BCUT2D eigenvalue weighted by molar-refractivity contribution is 6.33. The van der Waals surface area contributed by atoms with E-state index in [0.717, 1.165) is 0 Å². The number of carbonyl (C=O) groups is 2. The lowest BCUT2D eigenvalue weighted by atomic mass is 10.1. The molecular weight excluding hydrogens is 286 g/mol. The molecule has 0 fully saturated rings. The zero-order chi connectivity index (χ0) is 15.3. The monoisotopic (exact) mass is 299 g/mol. The summed E-state index contributed by atoms with van der Waals surface area (Å²) in [7, 11) is 0. The number of likely N-dealkylation sites (N-methyl/N-ethyl adjacent to an activating group) is 1. The molecule has 0 radical (unpaired) electrons. The summed E-state index contributed by atoms with van der Waals surface area (Å²) in [6.45, 7) is 3.66. The van der Waals surface area contributed by atoms with Crippen molar-refractivity contribution in [1.82, 2.24) is 10.6 Å². The fraction of sp³-hybridized carbons (Fsp3) is 0.333. The number of benzene rings is 1. The largest absolute Gasteiger partial charge is 0.355 e. The molecule has 20 heavy (non-hydrogen) atoms. The topological polar surface area (TPSA) is 101 Å². The highest BCUT2D eigenvalue weighted by Gasteiger charge is 2.25. The van der Waals surface area contributed by atoms with Gasteiger partial charge in [0.1, 0.15) is 16.6 Å². The van der Waals surface area contributed by atoms with Gasteiger partial charge in [0.25, 0.3) is 5.91 Å². The smallest absolute Gasteiger partial charge is 0.300 e. The van der Waals surface area contributed by atoms with Crippen molar-refractivity contribution in [3.8, 4) is 0 Å². The van der Waals surface area contributed by atoms with E-state index in [2.05, 4.69) is 10.6 Å². The van der Waals surface area contributed by atoms with Crippen molar-refractivity contribution in [2.75, 3.05) is 6.54 Å². The summed E-state index contributed by atoms with van der Waals surface area (Å²) in [5, 5.41) is 15.7. The van der Waals surface area contributed by atoms with Crippen molar-refractivity contribution in [3.05, 3.63) is 38.9 Å². The Hall–Kier alpha value is -2.15. The minimum Gasteiger partial charge on any atom is -0.355 e. The van der Waals surface area contributed by atoms with Crippen LogP contribution in [0.15, 0.2) is 18.2 Å². The first kappa shape index (κ1) is 15.9. The van der Waals surface area contributed by atoms with E-state index in [4.69, 9.17) is 11.6 Å². The standard InChI is InChI=1S/C12H14ClN3O4/c1-3-14-11(17)7(2)15-12(18)8-5-4-6-9(13)10(8)16(19)20/h4-7H,3H2,1-2H3,(H,14,17)(H,15,18). The third kappa shape index (κ3) is 3.67. The van der Waals surface area contributed by atoms with Gasteiger partial charge in [-0.3, -0.25) is 19.7 Å². The van der Waals surface area contributed by atoms with Crippen LogP contribution < -0.4 is 10.6 Å². The molecule has 0 saturated carbocycles. The molecule has 0 bridgehead atoms. The molecule has 0 spiro atoms. The minimum atomic E-state index is -0.805. The van der Waals surface area contributed by atoms with Gasteiger partial charge >= 0.3 is 5.69 Å². The van der Waals surface area contributed by atoms with Crippen molar-refractivity contribution in [2.45, 2.75) is 19.9 Å². The fourth-order valence-corrected chi connectivity index (χ4v) is 1.79. The Kier molecular flexibility index (Phi) is 5.45. The predicted molar refractivity (Wildman–Crippen MR) is 73.7 cm³/mol. The lowest BCUT2D eigenvalue weighted by molar-refractivity contribution is -0.385. The number of hydrogen-bond donors (Lipinski definition) is 2. The Morgan fingerprint density at radius 1 is 1.45 bits per heavy atom. The van der Waals surface area contributed by atoms with Crippen LogP contribution in [0.4, 0.5) is 5.69 Å². The summed E-state index contributed by atoms with van der Waals surface area (Å²) >= 11 is 5.72. The fourth-order valence-electron chi connectivity index (χ4n) is 1.55. The van der Waals surface area contributed by atoms with Gasteiger partial charge in [-0.15, -0.1) is 0 Å². The van der Waals surface area contributed by atoms with Crippen molar-refractivity contribution in [3.63, 3.8) is 0 Å². The summed E-state index contributed by atoms with van der Waals surface area (Å²) in [5.74, 6) is -1.09. The van der Waals surface area contributed by atoms with Crippen molar-refractivity contribution < 1.29 is 14.5 Å². The van der Waals surface area contributed by atoms with Crippen molar-refractivity contribution in [2.24, 2.45) is 0 Å². The van der Waals surface area contributed by atoms with Gasteiger partial charge < -0.3 is 10.6 Å². The maximum absolute atomic E-state index is 12.0. The number of nitrogens with one attached hydrogen (secondary N) is 2. The van der Waals surface area contributed by atoms with Crippen LogP contribution in [0.5, 0.6) is 0 Å². The highest BCUT2D eigenvalue weighted by atomic mass is 35.5. The molecule has 1 unspecified atom stereocenters. The highest BCUT2D eigenvalue weighted by Crippen LogP contribution is 2.28. The van der Waals surface area contributed by atoms with E-state index in [-0.39, 0.29) is 16.5 Å². The van der Waals surface area contributed by atoms with Gasteiger partial charge in [-0.05, 0) is 26.0 Å². The van der Waals surface area contributed by atoms with Gasteiger partial charge in [0.2, 0.25) is 5.91 Å². The number of hydrogen-bond acceptors (Lipinski definition) is 4. The van der Waals surface area contributed by atoms with Crippen LogP contribution >= 0.6 is 11.6 Å². The molecule has 0 aliphatic rings. The Morgan fingerprint density at radius 3 is 2.65 bits per heavy atom. The summed E-state index contributed by atoms with van der Waals surface area (Å²) in [6, 6.07) is 3.23. The van der Waals surface area contributed by atoms with Crippen LogP contribution in [-0.2, 0) is 4.79 Å². The predicted octanol–water partition coefficient (Wildman–Crippen LogP) is 1.50. The number of nitrogens with zero attached hydrogens (tertiary/aromatic N) is 1. The van der Waals surface area contributed by atoms with E-state index in [1.807, 2.05) is 0 Å². The number of nitro benzene ring substituents is 1. The third-order valence-electron chi connectivity index (χ3n) is 2.51. The zero-order valence-corrected chi connectivity index (χ0v) is 11.7. The summed E-state index contributed by atoms with van der Waals surface area (Å²) in [5.41, 5.74) is -0.659. The molecule has 0 aromatic heterocycles. The minimum absolute atomic E-state index is 0.131. The first-order chi connectivity index (χ1) is 9.38. The Labute approximate surface area is 120 Å². The second-order valence-corrected chi connectivity index (χ2v) is 4.39. The molecule has 1 atom stereocenters. The third-order valence-corrected chi connectivity index (χ3v) is 2.81. The van der Waals surface area contributed by atoms with E-state index in [0.29, 0.717) is 6.54 Å². The molecule has 1 aromatic rings. The van der Waals surface area contributed by atoms with Crippen LogP contribution in [0.25, 0.3) is 0 Å². The second-order valence-electron chi connectivity index (χ2n) is 3.98. The normalized spacial score (nSPS) is 11.6. The second kappa shape index (κ2) is 6.85. The van der Waals surface area contributed by atoms with Gasteiger partial charge in [0, 0.05) is 6.54 Å². The number of carbonyl (C=O) groups excluding carboxylic acids is 2. The van der Waals surface area contributed by atoms with Crippen molar-refractivity contribution in [1.29, 1.82) is 0 Å². The molecular formula is C12H14ClN3O4. The molecule has 1 rings (SSSR count). The van der Waals surface area contributed by atoms with E-state index in [1.165, 1.54) is 25.1 Å². The summed E-state index contributed by atoms with van der Waals surface area (Å²) in [6.07, 6.45) is 0. The molecule has 108 valence electrons. The van der Waals surface area contributed by atoms with Crippen LogP contribution in [0, 0.1) is 10.1 Å². The summed E-state index contributed by atoms with van der Waals surface area (Å²) in [4.78, 5) is 33.7. The quantitative estimate of drug-likeness (QED) is 0.635. The lowest BCUT2D eigenvalue weighted by Crippen LogP contribution is -2.44. The maximum atomic E-state index is 12.0. The molecule has 8 heteroatoms. The molecule has 2 N–H and O–H groups in total. The lowest BCUT2D eigenvalue weighted by Gasteiger charge is -2.13. The molecule has 0 saturated heterocycles. The molecule has 1 aromatic carbocycles. The molecule has 0 aliphatic carbocycles. The molecule has 0 heterocycles. The van der Waals surface area contributed by atoms with Gasteiger partial charge in [-0.2, -0.15) is 0 Å². The number of halogens is 1. The average molecular weight is 300 g/mol. The Morgan fingerprint density at radius 2 is 2.10 bits per heavy atom. The number of para-hydroxylation sites is 1. The van der Waals surface area contributed by atoms with E-state index in [9.17, 15) is 19.7 Å². The van der Waals surface area contributed by atoms with Crippen LogP contribution in [0.1, 0.15) is 24.2 Å². The zero-order valence-electron chi connectivity index (χ0n) is 11.0. The van der Waals surface area contributed by atoms with Gasteiger partial charge in [0.15, 0.2) is 0 Å². The number of nitro groups is 1. The first-order valence-electron chi connectivity index (χ1n) is 5.90. The average Bonchev–Trinajstić information content (AvgIpc) is 2.37.